The first-order chi connectivity index (χ1) is 9.52. The highest BCUT2D eigenvalue weighted by Crippen LogP contribution is 2.18. The van der Waals surface area contributed by atoms with Gasteiger partial charge >= 0.3 is 5.97 Å². The molecule has 0 saturated carbocycles. The fourth-order valence-electron chi connectivity index (χ4n) is 2.33. The molecule has 0 radical (unpaired) electrons. The Balaban J connectivity index is 3.60. The number of hydrogen-bond donors (Lipinski definition) is 0. The van der Waals surface area contributed by atoms with Gasteiger partial charge in [0.2, 0.25) is 0 Å². The average molecular weight is 286 g/mol. The summed E-state index contributed by atoms with van der Waals surface area (Å²) in [6, 6.07) is 0. The molecule has 118 valence electrons. The second-order valence-electron chi connectivity index (χ2n) is 5.27. The number of ether oxygens (including phenoxy) is 2. The van der Waals surface area contributed by atoms with E-state index in [4.69, 9.17) is 9.47 Å². The lowest BCUT2D eigenvalue weighted by Crippen LogP contribution is -2.25. The van der Waals surface area contributed by atoms with E-state index in [0.717, 1.165) is 38.5 Å². The summed E-state index contributed by atoms with van der Waals surface area (Å²) in [7, 11) is 1.65. The quantitative estimate of drug-likeness (QED) is 0.407. The van der Waals surface area contributed by atoms with E-state index in [-0.39, 0.29) is 23.8 Å². The van der Waals surface area contributed by atoms with Gasteiger partial charge in [0.05, 0.1) is 12.7 Å². The number of esters is 1. The molecular formula is C16H30O4. The molecule has 0 bridgehead atoms. The van der Waals surface area contributed by atoms with Crippen LogP contribution >= 0.6 is 0 Å². The van der Waals surface area contributed by atoms with E-state index in [9.17, 15) is 9.59 Å². The molecule has 0 heterocycles. The number of rotatable bonds is 12. The molecule has 0 rings (SSSR count). The van der Waals surface area contributed by atoms with Gasteiger partial charge in [0.25, 0.3) is 0 Å². The van der Waals surface area contributed by atoms with Crippen molar-refractivity contribution < 1.29 is 19.1 Å². The van der Waals surface area contributed by atoms with Gasteiger partial charge in [0.15, 0.2) is 0 Å². The Morgan fingerprint density at radius 3 is 2.20 bits per heavy atom. The van der Waals surface area contributed by atoms with Crippen LogP contribution in [0.1, 0.15) is 65.7 Å². The van der Waals surface area contributed by atoms with Gasteiger partial charge in [-0.1, -0.05) is 25.7 Å². The SMILES string of the molecule is CCOC(=O)CCCCCCCC(C(C)=O)C(C)OC. The highest BCUT2D eigenvalue weighted by Gasteiger charge is 2.20. The average Bonchev–Trinajstić information content (AvgIpc) is 2.41. The van der Waals surface area contributed by atoms with E-state index in [1.807, 2.05) is 13.8 Å². The van der Waals surface area contributed by atoms with Crippen LogP contribution in [0.5, 0.6) is 0 Å². The molecule has 20 heavy (non-hydrogen) atoms. The molecular weight excluding hydrogens is 256 g/mol. The fourth-order valence-corrected chi connectivity index (χ4v) is 2.33. The van der Waals surface area contributed by atoms with Gasteiger partial charge in [-0.05, 0) is 33.6 Å². The third-order valence-electron chi connectivity index (χ3n) is 3.66. The molecule has 0 aliphatic rings. The molecule has 0 N–H and O–H groups in total. The summed E-state index contributed by atoms with van der Waals surface area (Å²) in [5, 5.41) is 0. The number of methoxy groups -OCH3 is 1. The molecule has 0 saturated heterocycles. The maximum Gasteiger partial charge on any atom is 0.305 e. The third kappa shape index (κ3) is 9.08. The second kappa shape index (κ2) is 11.9. The monoisotopic (exact) mass is 286 g/mol. The third-order valence-corrected chi connectivity index (χ3v) is 3.66. The highest BCUT2D eigenvalue weighted by atomic mass is 16.5. The minimum absolute atomic E-state index is 0.00341. The largest absolute Gasteiger partial charge is 0.466 e. The fraction of sp³-hybridized carbons (Fsp3) is 0.875. The standard InChI is InChI=1S/C16H30O4/c1-5-20-16(18)12-10-8-6-7-9-11-15(13(2)17)14(3)19-4/h14-15H,5-12H2,1-4H3. The molecule has 0 amide bonds. The van der Waals surface area contributed by atoms with Gasteiger partial charge < -0.3 is 9.47 Å². The van der Waals surface area contributed by atoms with Gasteiger partial charge in [0, 0.05) is 19.4 Å². The summed E-state index contributed by atoms with van der Waals surface area (Å²) >= 11 is 0. The van der Waals surface area contributed by atoms with Crippen molar-refractivity contribution in [3.05, 3.63) is 0 Å². The van der Waals surface area contributed by atoms with Gasteiger partial charge in [-0.15, -0.1) is 0 Å². The minimum atomic E-state index is -0.0990. The lowest BCUT2D eigenvalue weighted by Gasteiger charge is -2.20. The molecule has 0 fully saturated rings. The van der Waals surface area contributed by atoms with Gasteiger partial charge in [-0.3, -0.25) is 9.59 Å². The first-order valence-electron chi connectivity index (χ1n) is 7.71. The maximum atomic E-state index is 11.5. The predicted octanol–water partition coefficient (Wildman–Crippen LogP) is 3.52. The van der Waals surface area contributed by atoms with Crippen LogP contribution in [0, 0.1) is 5.92 Å². The van der Waals surface area contributed by atoms with E-state index < -0.39 is 0 Å². The summed E-state index contributed by atoms with van der Waals surface area (Å²) in [5.74, 6) is 0.124. The highest BCUT2D eigenvalue weighted by molar-refractivity contribution is 5.78. The summed E-state index contributed by atoms with van der Waals surface area (Å²) in [5.41, 5.74) is 0. The van der Waals surface area contributed by atoms with Gasteiger partial charge in [-0.25, -0.2) is 0 Å². The smallest absolute Gasteiger partial charge is 0.305 e. The van der Waals surface area contributed by atoms with Crippen molar-refractivity contribution >= 4 is 11.8 Å². The normalized spacial score (nSPS) is 13.8. The summed E-state index contributed by atoms with van der Waals surface area (Å²) < 4.78 is 10.1. The zero-order valence-corrected chi connectivity index (χ0v) is 13.4. The summed E-state index contributed by atoms with van der Waals surface area (Å²) in [6.45, 7) is 5.87. The van der Waals surface area contributed by atoms with E-state index in [1.54, 1.807) is 14.0 Å². The summed E-state index contributed by atoms with van der Waals surface area (Å²) in [6.07, 6.45) is 6.59. The molecule has 4 heteroatoms. The molecule has 4 nitrogen and oxygen atoms in total. The van der Waals surface area contributed by atoms with Crippen molar-refractivity contribution in [1.82, 2.24) is 0 Å². The van der Waals surface area contributed by atoms with E-state index in [1.165, 1.54) is 0 Å². The van der Waals surface area contributed by atoms with Crippen molar-refractivity contribution in [1.29, 1.82) is 0 Å². The van der Waals surface area contributed by atoms with Crippen LogP contribution in [0.4, 0.5) is 0 Å². The van der Waals surface area contributed by atoms with E-state index >= 15 is 0 Å². The van der Waals surface area contributed by atoms with Gasteiger partial charge in [-0.2, -0.15) is 0 Å². The maximum absolute atomic E-state index is 11.5. The van der Waals surface area contributed by atoms with Crippen LogP contribution in [-0.4, -0.2) is 31.6 Å². The van der Waals surface area contributed by atoms with E-state index in [0.29, 0.717) is 13.0 Å². The van der Waals surface area contributed by atoms with Gasteiger partial charge in [0.1, 0.15) is 5.78 Å². The van der Waals surface area contributed by atoms with Crippen LogP contribution in [-0.2, 0) is 19.1 Å². The number of carbonyl (C=O) groups excluding carboxylic acids is 2. The molecule has 0 aromatic heterocycles. The Morgan fingerprint density at radius 2 is 1.65 bits per heavy atom. The topological polar surface area (TPSA) is 52.6 Å². The van der Waals surface area contributed by atoms with Crippen LogP contribution in [0.2, 0.25) is 0 Å². The van der Waals surface area contributed by atoms with Crippen molar-refractivity contribution in [3.8, 4) is 0 Å². The predicted molar refractivity (Wildman–Crippen MR) is 79.6 cm³/mol. The van der Waals surface area contributed by atoms with Crippen LogP contribution in [0.25, 0.3) is 0 Å². The van der Waals surface area contributed by atoms with Crippen molar-refractivity contribution in [2.45, 2.75) is 71.8 Å². The Bertz CT molecular complexity index is 276. The number of unbranched alkanes of at least 4 members (excludes halogenated alkanes) is 4. The zero-order chi connectivity index (χ0) is 15.4. The lowest BCUT2D eigenvalue weighted by atomic mass is 9.92. The minimum Gasteiger partial charge on any atom is -0.466 e. The molecule has 2 atom stereocenters. The number of hydrogen-bond acceptors (Lipinski definition) is 4. The van der Waals surface area contributed by atoms with E-state index in [2.05, 4.69) is 0 Å². The first-order valence-corrected chi connectivity index (χ1v) is 7.71. The summed E-state index contributed by atoms with van der Waals surface area (Å²) in [4.78, 5) is 22.6. The van der Waals surface area contributed by atoms with Crippen molar-refractivity contribution in [2.24, 2.45) is 5.92 Å². The van der Waals surface area contributed by atoms with Crippen LogP contribution in [0.3, 0.4) is 0 Å². The first kappa shape index (κ1) is 19.1. The second-order valence-corrected chi connectivity index (χ2v) is 5.27. The van der Waals surface area contributed by atoms with Crippen LogP contribution < -0.4 is 0 Å². The number of Topliss-reactive ketones (excluding diaryl/α,β-unsaturated/α-hetero) is 1. The van der Waals surface area contributed by atoms with Crippen molar-refractivity contribution in [3.63, 3.8) is 0 Å². The Labute approximate surface area is 123 Å². The Kier molecular flexibility index (Phi) is 11.4. The van der Waals surface area contributed by atoms with Crippen molar-refractivity contribution in [2.75, 3.05) is 13.7 Å². The molecule has 0 aromatic carbocycles. The molecule has 0 aromatic rings. The molecule has 0 aliphatic heterocycles. The zero-order valence-electron chi connectivity index (χ0n) is 13.4. The molecule has 2 unspecified atom stereocenters. The number of ketones is 1. The number of carbonyl (C=O) groups is 2. The Morgan fingerprint density at radius 1 is 1.05 bits per heavy atom. The van der Waals surface area contributed by atoms with Crippen LogP contribution in [0.15, 0.2) is 0 Å². The molecule has 0 spiro atoms. The Hall–Kier alpha value is -0.900. The molecule has 0 aliphatic carbocycles. The lowest BCUT2D eigenvalue weighted by molar-refractivity contribution is -0.143.